The van der Waals surface area contributed by atoms with Crippen LogP contribution in [0.25, 0.3) is 0 Å². The molecule has 3 aromatic rings. The van der Waals surface area contributed by atoms with Gasteiger partial charge in [-0.3, -0.25) is 9.71 Å². The highest BCUT2D eigenvalue weighted by Gasteiger charge is 2.17. The molecule has 2 aromatic carbocycles. The second kappa shape index (κ2) is 7.97. The summed E-state index contributed by atoms with van der Waals surface area (Å²) in [7, 11) is -3.91. The largest absolute Gasteiger partial charge is 0.456 e. The Labute approximate surface area is 166 Å². The van der Waals surface area contributed by atoms with Gasteiger partial charge in [-0.25, -0.2) is 8.42 Å². The van der Waals surface area contributed by atoms with Crippen LogP contribution in [0.3, 0.4) is 0 Å². The Kier molecular flexibility index (Phi) is 5.46. The molecule has 0 saturated heterocycles. The molecular weight excluding hydrogens is 400 g/mol. The topological polar surface area (TPSA) is 116 Å². The van der Waals surface area contributed by atoms with E-state index in [2.05, 4.69) is 9.71 Å². The van der Waals surface area contributed by atoms with Gasteiger partial charge in [0.25, 0.3) is 10.0 Å². The highest BCUT2D eigenvalue weighted by molar-refractivity contribution is 7.92. The molecule has 28 heavy (non-hydrogen) atoms. The summed E-state index contributed by atoms with van der Waals surface area (Å²) in [4.78, 5) is 3.75. The number of sulfonamides is 1. The van der Waals surface area contributed by atoms with Gasteiger partial charge < -0.3 is 4.74 Å². The molecule has 138 valence electrons. The standard InChI is InChI=1S/C19H11ClN4O3S/c20-18-9-16(4-3-13(18)10-21)27-19-6-5-17(8-14(19)11-22)28(25,26)24-15-2-1-7-23-12-15/h1-9,12,24H. The Balaban J connectivity index is 1.89. The van der Waals surface area contributed by atoms with E-state index in [9.17, 15) is 13.7 Å². The van der Waals surface area contributed by atoms with Gasteiger partial charge in [-0.1, -0.05) is 11.6 Å². The van der Waals surface area contributed by atoms with Crippen molar-refractivity contribution in [2.45, 2.75) is 4.90 Å². The molecule has 1 N–H and O–H groups in total. The lowest BCUT2D eigenvalue weighted by Crippen LogP contribution is -2.13. The molecule has 3 rings (SSSR count). The van der Waals surface area contributed by atoms with E-state index in [1.54, 1.807) is 12.1 Å². The monoisotopic (exact) mass is 410 g/mol. The van der Waals surface area contributed by atoms with E-state index < -0.39 is 10.0 Å². The van der Waals surface area contributed by atoms with Crippen LogP contribution in [-0.4, -0.2) is 13.4 Å². The molecule has 0 aliphatic rings. The highest BCUT2D eigenvalue weighted by Crippen LogP contribution is 2.30. The SMILES string of the molecule is N#Cc1ccc(Oc2ccc(S(=O)(=O)Nc3cccnc3)cc2C#N)cc1Cl. The van der Waals surface area contributed by atoms with E-state index >= 15 is 0 Å². The maximum absolute atomic E-state index is 12.5. The number of rotatable bonds is 5. The van der Waals surface area contributed by atoms with Crippen LogP contribution >= 0.6 is 11.6 Å². The minimum Gasteiger partial charge on any atom is -0.456 e. The number of pyridine rings is 1. The lowest BCUT2D eigenvalue weighted by atomic mass is 10.2. The van der Waals surface area contributed by atoms with Crippen LogP contribution in [0.5, 0.6) is 11.5 Å². The van der Waals surface area contributed by atoms with Crippen molar-refractivity contribution in [1.29, 1.82) is 10.5 Å². The number of hydrogen-bond acceptors (Lipinski definition) is 6. The third-order valence-corrected chi connectivity index (χ3v) is 5.28. The van der Waals surface area contributed by atoms with Crippen LogP contribution in [0, 0.1) is 22.7 Å². The quantitative estimate of drug-likeness (QED) is 0.677. The van der Waals surface area contributed by atoms with Gasteiger partial charge in [0, 0.05) is 12.3 Å². The van der Waals surface area contributed by atoms with Gasteiger partial charge in [-0.2, -0.15) is 10.5 Å². The van der Waals surface area contributed by atoms with Gasteiger partial charge in [0.15, 0.2) is 0 Å². The smallest absolute Gasteiger partial charge is 0.261 e. The lowest BCUT2D eigenvalue weighted by Gasteiger charge is -2.11. The lowest BCUT2D eigenvalue weighted by molar-refractivity contribution is 0.480. The van der Waals surface area contributed by atoms with Crippen LogP contribution < -0.4 is 9.46 Å². The van der Waals surface area contributed by atoms with Gasteiger partial charge in [-0.05, 0) is 42.5 Å². The maximum Gasteiger partial charge on any atom is 0.261 e. The van der Waals surface area contributed by atoms with Crippen molar-refractivity contribution in [2.24, 2.45) is 0 Å². The predicted molar refractivity (Wildman–Crippen MR) is 102 cm³/mol. The Hall–Kier alpha value is -3.59. The summed E-state index contributed by atoms with van der Waals surface area (Å²) in [6.45, 7) is 0. The molecule has 7 nitrogen and oxygen atoms in total. The molecule has 1 heterocycles. The molecule has 0 saturated carbocycles. The Bertz CT molecular complexity index is 1220. The fourth-order valence-electron chi connectivity index (χ4n) is 2.27. The number of aromatic nitrogens is 1. The number of nitrogens with one attached hydrogen (secondary N) is 1. The fourth-order valence-corrected chi connectivity index (χ4v) is 3.55. The number of hydrogen-bond donors (Lipinski definition) is 1. The third kappa shape index (κ3) is 4.21. The van der Waals surface area contributed by atoms with E-state index in [0.717, 1.165) is 0 Å². The number of halogens is 1. The van der Waals surface area contributed by atoms with E-state index in [0.29, 0.717) is 11.4 Å². The average Bonchev–Trinajstić information content (AvgIpc) is 2.69. The number of ether oxygens (including phenoxy) is 1. The van der Waals surface area contributed by atoms with Crippen LogP contribution in [0.4, 0.5) is 5.69 Å². The van der Waals surface area contributed by atoms with E-state index in [1.165, 1.54) is 48.8 Å². The van der Waals surface area contributed by atoms with Gasteiger partial charge in [-0.15, -0.1) is 0 Å². The molecule has 0 atom stereocenters. The van der Waals surface area contributed by atoms with Crippen LogP contribution in [0.1, 0.15) is 11.1 Å². The van der Waals surface area contributed by atoms with Crippen molar-refractivity contribution in [2.75, 3.05) is 4.72 Å². The Morgan fingerprint density at radius 2 is 1.82 bits per heavy atom. The van der Waals surface area contributed by atoms with Crippen molar-refractivity contribution in [1.82, 2.24) is 4.98 Å². The first-order valence-corrected chi connectivity index (χ1v) is 9.63. The van der Waals surface area contributed by atoms with Crippen LogP contribution in [0.15, 0.2) is 65.8 Å². The van der Waals surface area contributed by atoms with Crippen molar-refractivity contribution in [3.63, 3.8) is 0 Å². The maximum atomic E-state index is 12.5. The molecule has 0 spiro atoms. The minimum absolute atomic E-state index is 0.0227. The molecular formula is C19H11ClN4O3S. The molecule has 0 radical (unpaired) electrons. The zero-order valence-corrected chi connectivity index (χ0v) is 15.7. The zero-order chi connectivity index (χ0) is 20.1. The van der Waals surface area contributed by atoms with E-state index in [1.807, 2.05) is 12.1 Å². The van der Waals surface area contributed by atoms with E-state index in [-0.39, 0.29) is 26.8 Å². The van der Waals surface area contributed by atoms with Crippen molar-refractivity contribution >= 4 is 27.3 Å². The van der Waals surface area contributed by atoms with Gasteiger partial charge in [0.1, 0.15) is 23.6 Å². The summed E-state index contributed by atoms with van der Waals surface area (Å²) >= 11 is 5.97. The molecule has 1 aromatic heterocycles. The first-order valence-electron chi connectivity index (χ1n) is 7.77. The Morgan fingerprint density at radius 1 is 1.04 bits per heavy atom. The molecule has 9 heteroatoms. The number of nitriles is 2. The number of benzene rings is 2. The molecule has 0 aliphatic heterocycles. The summed E-state index contributed by atoms with van der Waals surface area (Å²) < 4.78 is 33.0. The Morgan fingerprint density at radius 3 is 2.46 bits per heavy atom. The summed E-state index contributed by atoms with van der Waals surface area (Å²) in [6, 6.07) is 15.4. The van der Waals surface area contributed by atoms with Gasteiger partial charge >= 0.3 is 0 Å². The third-order valence-electron chi connectivity index (χ3n) is 3.58. The summed E-state index contributed by atoms with van der Waals surface area (Å²) in [6.07, 6.45) is 2.89. The van der Waals surface area contributed by atoms with Crippen LogP contribution in [0.2, 0.25) is 5.02 Å². The summed E-state index contributed by atoms with van der Waals surface area (Å²) in [5, 5.41) is 18.5. The normalized spacial score (nSPS) is 10.5. The van der Waals surface area contributed by atoms with Crippen LogP contribution in [-0.2, 0) is 10.0 Å². The molecule has 0 fully saturated rings. The van der Waals surface area contributed by atoms with Gasteiger partial charge in [0.05, 0.1) is 32.9 Å². The summed E-state index contributed by atoms with van der Waals surface area (Å²) in [5.41, 5.74) is 0.612. The zero-order valence-electron chi connectivity index (χ0n) is 14.1. The first-order chi connectivity index (χ1) is 13.4. The molecule has 0 amide bonds. The van der Waals surface area contributed by atoms with E-state index in [4.69, 9.17) is 21.6 Å². The fraction of sp³-hybridized carbons (Fsp3) is 0. The molecule has 0 aliphatic carbocycles. The second-order valence-electron chi connectivity index (χ2n) is 5.47. The van der Waals surface area contributed by atoms with Crippen molar-refractivity contribution in [3.8, 4) is 23.6 Å². The number of nitrogens with zero attached hydrogens (tertiary/aromatic N) is 3. The average molecular weight is 411 g/mol. The first kappa shape index (κ1) is 19.2. The minimum atomic E-state index is -3.91. The van der Waals surface area contributed by atoms with Crippen molar-refractivity contribution in [3.05, 3.63) is 77.1 Å². The molecule has 0 bridgehead atoms. The predicted octanol–water partition coefficient (Wildman–Crippen LogP) is 4.07. The summed E-state index contributed by atoms with van der Waals surface area (Å²) in [5.74, 6) is 0.466. The molecule has 0 unspecified atom stereocenters. The second-order valence-corrected chi connectivity index (χ2v) is 7.56. The number of anilines is 1. The highest BCUT2D eigenvalue weighted by atomic mass is 35.5. The van der Waals surface area contributed by atoms with Crippen molar-refractivity contribution < 1.29 is 13.2 Å². The van der Waals surface area contributed by atoms with Gasteiger partial charge in [0.2, 0.25) is 0 Å².